The number of halogens is 3. The normalized spacial score (nSPS) is 15.2. The Bertz CT molecular complexity index is 548. The van der Waals surface area contributed by atoms with Gasteiger partial charge in [-0.15, -0.1) is 0 Å². The van der Waals surface area contributed by atoms with Crippen molar-refractivity contribution in [3.05, 3.63) is 18.3 Å². The number of anilines is 2. The second kappa shape index (κ2) is 6.50. The van der Waals surface area contributed by atoms with E-state index in [2.05, 4.69) is 20.4 Å². The fourth-order valence-corrected chi connectivity index (χ4v) is 1.78. The SMILES string of the molecule is O=C1CN(c2ccc(NC(=O)OCC(F)(F)F)cn2)CCN1. The van der Waals surface area contributed by atoms with Crippen LogP contribution in [0.2, 0.25) is 0 Å². The number of amides is 2. The summed E-state index contributed by atoms with van der Waals surface area (Å²) in [6.45, 7) is -0.385. The maximum atomic E-state index is 11.9. The molecule has 120 valence electrons. The smallest absolute Gasteiger partial charge is 0.422 e. The summed E-state index contributed by atoms with van der Waals surface area (Å²) < 4.78 is 39.7. The molecule has 2 rings (SSSR count). The number of hydrogen-bond donors (Lipinski definition) is 2. The molecule has 0 spiro atoms. The first-order chi connectivity index (χ1) is 10.3. The molecule has 2 heterocycles. The lowest BCUT2D eigenvalue weighted by Gasteiger charge is -2.27. The monoisotopic (exact) mass is 318 g/mol. The standard InChI is InChI=1S/C12H13F3N4O3/c13-12(14,15)7-22-11(21)18-8-1-2-9(17-5-8)19-4-3-16-10(20)6-19/h1-2,5H,3-4,6-7H2,(H,16,20)(H,18,21). The molecule has 0 aliphatic carbocycles. The van der Waals surface area contributed by atoms with E-state index >= 15 is 0 Å². The van der Waals surface area contributed by atoms with Crippen LogP contribution < -0.4 is 15.5 Å². The van der Waals surface area contributed by atoms with Crippen molar-refractivity contribution in [3.63, 3.8) is 0 Å². The van der Waals surface area contributed by atoms with Crippen LogP contribution in [0.1, 0.15) is 0 Å². The fourth-order valence-electron chi connectivity index (χ4n) is 1.78. The van der Waals surface area contributed by atoms with Gasteiger partial charge in [-0.25, -0.2) is 9.78 Å². The molecule has 1 aromatic rings. The van der Waals surface area contributed by atoms with Crippen LogP contribution in [0, 0.1) is 0 Å². The molecule has 0 atom stereocenters. The third kappa shape index (κ3) is 4.79. The van der Waals surface area contributed by atoms with Crippen molar-refractivity contribution in [2.24, 2.45) is 0 Å². The van der Waals surface area contributed by atoms with E-state index in [0.717, 1.165) is 0 Å². The van der Waals surface area contributed by atoms with Crippen molar-refractivity contribution >= 4 is 23.5 Å². The molecule has 0 unspecified atom stereocenters. The van der Waals surface area contributed by atoms with Gasteiger partial charge in [0.2, 0.25) is 5.91 Å². The summed E-state index contributed by atoms with van der Waals surface area (Å²) >= 11 is 0. The summed E-state index contributed by atoms with van der Waals surface area (Å²) in [6.07, 6.45) is -4.52. The van der Waals surface area contributed by atoms with Crippen LogP contribution in [-0.2, 0) is 9.53 Å². The largest absolute Gasteiger partial charge is 0.440 e. The van der Waals surface area contributed by atoms with Crippen molar-refractivity contribution in [2.75, 3.05) is 36.5 Å². The summed E-state index contributed by atoms with van der Waals surface area (Å²) in [5, 5.41) is 4.80. The molecule has 0 radical (unpaired) electrons. The number of piperazine rings is 1. The van der Waals surface area contributed by atoms with Crippen LogP contribution in [0.4, 0.5) is 29.5 Å². The Morgan fingerprint density at radius 2 is 2.23 bits per heavy atom. The van der Waals surface area contributed by atoms with Gasteiger partial charge in [-0.05, 0) is 12.1 Å². The second-order valence-corrected chi connectivity index (χ2v) is 4.49. The zero-order chi connectivity index (χ0) is 16.2. The minimum absolute atomic E-state index is 0.119. The molecule has 1 saturated heterocycles. The van der Waals surface area contributed by atoms with Crippen LogP contribution in [-0.4, -0.2) is 49.4 Å². The summed E-state index contributed by atoms with van der Waals surface area (Å²) in [5.74, 6) is 0.412. The van der Waals surface area contributed by atoms with Crippen LogP contribution >= 0.6 is 0 Å². The first kappa shape index (κ1) is 15.9. The lowest BCUT2D eigenvalue weighted by Crippen LogP contribution is -2.48. The molecular formula is C12H13F3N4O3. The lowest BCUT2D eigenvalue weighted by atomic mass is 10.3. The van der Waals surface area contributed by atoms with Crippen LogP contribution in [0.25, 0.3) is 0 Å². The Hall–Kier alpha value is -2.52. The highest BCUT2D eigenvalue weighted by Gasteiger charge is 2.29. The highest BCUT2D eigenvalue weighted by molar-refractivity contribution is 5.85. The number of rotatable bonds is 3. The summed E-state index contributed by atoms with van der Waals surface area (Å²) in [4.78, 5) is 28.2. The average molecular weight is 318 g/mol. The molecule has 1 aliphatic heterocycles. The van der Waals surface area contributed by atoms with Crippen LogP contribution in [0.3, 0.4) is 0 Å². The van der Waals surface area contributed by atoms with Crippen molar-refractivity contribution < 1.29 is 27.5 Å². The number of pyridine rings is 1. The number of nitrogens with zero attached hydrogens (tertiary/aromatic N) is 2. The Morgan fingerprint density at radius 3 is 2.82 bits per heavy atom. The average Bonchev–Trinajstić information content (AvgIpc) is 2.45. The topological polar surface area (TPSA) is 83.6 Å². The van der Waals surface area contributed by atoms with E-state index in [1.54, 1.807) is 11.0 Å². The minimum Gasteiger partial charge on any atom is -0.440 e. The molecule has 7 nitrogen and oxygen atoms in total. The quantitative estimate of drug-likeness (QED) is 0.873. The van der Waals surface area contributed by atoms with Gasteiger partial charge < -0.3 is 15.0 Å². The van der Waals surface area contributed by atoms with Crippen LogP contribution in [0.5, 0.6) is 0 Å². The molecule has 0 bridgehead atoms. The lowest BCUT2D eigenvalue weighted by molar-refractivity contribution is -0.159. The van der Waals surface area contributed by atoms with E-state index < -0.39 is 18.9 Å². The number of ether oxygens (including phenoxy) is 1. The van der Waals surface area contributed by atoms with Gasteiger partial charge in [-0.2, -0.15) is 13.2 Å². The van der Waals surface area contributed by atoms with Gasteiger partial charge in [0.1, 0.15) is 5.82 Å². The van der Waals surface area contributed by atoms with Crippen molar-refractivity contribution in [3.8, 4) is 0 Å². The number of nitrogens with one attached hydrogen (secondary N) is 2. The van der Waals surface area contributed by atoms with Crippen molar-refractivity contribution in [1.29, 1.82) is 0 Å². The molecule has 0 aromatic carbocycles. The van der Waals surface area contributed by atoms with E-state index in [1.807, 2.05) is 0 Å². The molecule has 2 N–H and O–H groups in total. The van der Waals surface area contributed by atoms with Gasteiger partial charge in [0.25, 0.3) is 0 Å². The van der Waals surface area contributed by atoms with Crippen molar-refractivity contribution in [2.45, 2.75) is 6.18 Å². The summed E-state index contributed by atoms with van der Waals surface area (Å²) in [6, 6.07) is 3.02. The summed E-state index contributed by atoms with van der Waals surface area (Å²) in [5.41, 5.74) is 0.192. The second-order valence-electron chi connectivity index (χ2n) is 4.49. The number of carbonyl (C=O) groups excluding carboxylic acids is 2. The van der Waals surface area contributed by atoms with E-state index in [4.69, 9.17) is 0 Å². The zero-order valence-electron chi connectivity index (χ0n) is 11.3. The predicted octanol–water partition coefficient (Wildman–Crippen LogP) is 1.13. The first-order valence-corrected chi connectivity index (χ1v) is 6.32. The molecular weight excluding hydrogens is 305 g/mol. The fraction of sp³-hybridized carbons (Fsp3) is 0.417. The molecule has 1 aromatic heterocycles. The molecule has 10 heteroatoms. The van der Waals surface area contributed by atoms with Crippen molar-refractivity contribution in [1.82, 2.24) is 10.3 Å². The maximum Gasteiger partial charge on any atom is 0.422 e. The van der Waals surface area contributed by atoms with Gasteiger partial charge >= 0.3 is 12.3 Å². The highest BCUT2D eigenvalue weighted by atomic mass is 19.4. The molecule has 22 heavy (non-hydrogen) atoms. The van der Waals surface area contributed by atoms with Gasteiger partial charge in [0, 0.05) is 13.1 Å². The van der Waals surface area contributed by atoms with E-state index in [-0.39, 0.29) is 18.1 Å². The maximum absolute atomic E-state index is 11.9. The number of hydrogen-bond acceptors (Lipinski definition) is 5. The van der Waals surface area contributed by atoms with Gasteiger partial charge in [-0.1, -0.05) is 0 Å². The highest BCUT2D eigenvalue weighted by Crippen LogP contribution is 2.17. The van der Waals surface area contributed by atoms with Gasteiger partial charge in [0.05, 0.1) is 18.4 Å². The number of carbonyl (C=O) groups is 2. The van der Waals surface area contributed by atoms with Gasteiger partial charge in [-0.3, -0.25) is 10.1 Å². The first-order valence-electron chi connectivity index (χ1n) is 6.32. The minimum atomic E-state index is -4.58. The summed E-state index contributed by atoms with van der Waals surface area (Å²) in [7, 11) is 0. The Balaban J connectivity index is 1.89. The number of alkyl halides is 3. The third-order valence-corrected chi connectivity index (χ3v) is 2.72. The third-order valence-electron chi connectivity index (χ3n) is 2.72. The van der Waals surface area contributed by atoms with E-state index in [0.29, 0.717) is 18.9 Å². The van der Waals surface area contributed by atoms with E-state index in [1.165, 1.54) is 12.3 Å². The predicted molar refractivity (Wildman–Crippen MR) is 70.5 cm³/mol. The van der Waals surface area contributed by atoms with E-state index in [9.17, 15) is 22.8 Å². The Kier molecular flexibility index (Phi) is 4.68. The van der Waals surface area contributed by atoms with Gasteiger partial charge in [0.15, 0.2) is 6.61 Å². The zero-order valence-corrected chi connectivity index (χ0v) is 11.3. The molecule has 2 amide bonds. The van der Waals surface area contributed by atoms with Crippen LogP contribution in [0.15, 0.2) is 18.3 Å². The Labute approximate surface area is 123 Å². The molecule has 1 fully saturated rings. The number of aromatic nitrogens is 1. The molecule has 0 saturated carbocycles. The Morgan fingerprint density at radius 1 is 1.45 bits per heavy atom. The molecule has 1 aliphatic rings.